The van der Waals surface area contributed by atoms with Crippen molar-refractivity contribution in [3.8, 4) is 0 Å². The van der Waals surface area contributed by atoms with Crippen molar-refractivity contribution in [1.82, 2.24) is 4.98 Å². The highest BCUT2D eigenvalue weighted by molar-refractivity contribution is 9.10. The summed E-state index contributed by atoms with van der Waals surface area (Å²) < 4.78 is 37.2. The van der Waals surface area contributed by atoms with E-state index < -0.39 is 30.5 Å². The van der Waals surface area contributed by atoms with Gasteiger partial charge in [-0.1, -0.05) is 0 Å². The zero-order valence-corrected chi connectivity index (χ0v) is 8.76. The molecule has 0 amide bonds. The summed E-state index contributed by atoms with van der Waals surface area (Å²) in [5, 5.41) is 8.46. The molecule has 82 valence electrons. The molecule has 0 fully saturated rings. The molecule has 0 saturated heterocycles. The number of rotatable bonds is 3. The van der Waals surface area contributed by atoms with Gasteiger partial charge in [0.15, 0.2) is 0 Å². The van der Waals surface area contributed by atoms with E-state index in [1.807, 2.05) is 0 Å². The van der Waals surface area contributed by atoms with Gasteiger partial charge in [0.05, 0.1) is 6.42 Å². The summed E-state index contributed by atoms with van der Waals surface area (Å²) in [4.78, 5) is 13.3. The highest BCUT2D eigenvalue weighted by Crippen LogP contribution is 2.29. The summed E-state index contributed by atoms with van der Waals surface area (Å²) in [6.45, 7) is 0. The molecule has 1 aromatic heterocycles. The maximum atomic E-state index is 12.8. The Kier molecular flexibility index (Phi) is 3.67. The zero-order chi connectivity index (χ0) is 11.6. The number of alkyl halides is 2. The zero-order valence-electron chi connectivity index (χ0n) is 7.18. The molecular formula is C8H5BrF3NO2. The van der Waals surface area contributed by atoms with E-state index in [1.165, 1.54) is 0 Å². The van der Waals surface area contributed by atoms with E-state index in [9.17, 15) is 18.0 Å². The molecular weight excluding hydrogens is 279 g/mol. The topological polar surface area (TPSA) is 50.2 Å². The summed E-state index contributed by atoms with van der Waals surface area (Å²) >= 11 is 2.77. The van der Waals surface area contributed by atoms with Gasteiger partial charge in [-0.15, -0.1) is 0 Å². The molecule has 0 aliphatic carbocycles. The van der Waals surface area contributed by atoms with E-state index in [1.54, 1.807) is 0 Å². The average molecular weight is 284 g/mol. The lowest BCUT2D eigenvalue weighted by atomic mass is 10.1. The quantitative estimate of drug-likeness (QED) is 0.868. The standard InChI is InChI=1S/C8H5BrF3NO2/c9-6-3(2-5(14)15)1-4(10)13-7(6)8(11)12/h1,8H,2H2,(H,14,15). The van der Waals surface area contributed by atoms with Gasteiger partial charge < -0.3 is 5.11 Å². The lowest BCUT2D eigenvalue weighted by molar-refractivity contribution is -0.136. The van der Waals surface area contributed by atoms with Crippen LogP contribution in [0.4, 0.5) is 13.2 Å². The van der Waals surface area contributed by atoms with Crippen molar-refractivity contribution in [3.05, 3.63) is 27.7 Å². The van der Waals surface area contributed by atoms with Crippen LogP contribution in [-0.4, -0.2) is 16.1 Å². The molecule has 7 heteroatoms. The van der Waals surface area contributed by atoms with Gasteiger partial charge in [0.1, 0.15) is 5.69 Å². The molecule has 0 aromatic carbocycles. The van der Waals surface area contributed by atoms with Gasteiger partial charge >= 0.3 is 5.97 Å². The van der Waals surface area contributed by atoms with Crippen molar-refractivity contribution in [2.24, 2.45) is 0 Å². The van der Waals surface area contributed by atoms with Gasteiger partial charge in [0.25, 0.3) is 6.43 Å². The van der Waals surface area contributed by atoms with E-state index in [-0.39, 0.29) is 10.0 Å². The van der Waals surface area contributed by atoms with E-state index >= 15 is 0 Å². The second-order valence-electron chi connectivity index (χ2n) is 2.67. The number of carbonyl (C=O) groups is 1. The molecule has 0 atom stereocenters. The van der Waals surface area contributed by atoms with Crippen molar-refractivity contribution in [3.63, 3.8) is 0 Å². The SMILES string of the molecule is O=C(O)Cc1cc(F)nc(C(F)F)c1Br. The highest BCUT2D eigenvalue weighted by atomic mass is 79.9. The maximum Gasteiger partial charge on any atom is 0.307 e. The molecule has 0 aliphatic heterocycles. The molecule has 15 heavy (non-hydrogen) atoms. The van der Waals surface area contributed by atoms with Crippen LogP contribution < -0.4 is 0 Å². The Morgan fingerprint density at radius 2 is 2.20 bits per heavy atom. The van der Waals surface area contributed by atoms with E-state index in [0.29, 0.717) is 0 Å². The summed E-state index contributed by atoms with van der Waals surface area (Å²) in [5.74, 6) is -2.36. The van der Waals surface area contributed by atoms with Crippen LogP contribution in [0, 0.1) is 5.95 Å². The van der Waals surface area contributed by atoms with Gasteiger partial charge in [-0.05, 0) is 27.6 Å². The number of carboxylic acids is 1. The number of halogens is 4. The molecule has 0 spiro atoms. The minimum atomic E-state index is -2.96. The first-order valence-electron chi connectivity index (χ1n) is 3.76. The largest absolute Gasteiger partial charge is 0.481 e. The lowest BCUT2D eigenvalue weighted by Crippen LogP contribution is -2.05. The molecule has 1 heterocycles. The van der Waals surface area contributed by atoms with Gasteiger partial charge in [-0.3, -0.25) is 4.79 Å². The number of hydrogen-bond donors (Lipinski definition) is 1. The first kappa shape index (κ1) is 12.0. The average Bonchev–Trinajstić information content (AvgIpc) is 2.09. The van der Waals surface area contributed by atoms with Gasteiger partial charge in [0.2, 0.25) is 5.95 Å². The van der Waals surface area contributed by atoms with Gasteiger partial charge in [-0.2, -0.15) is 4.39 Å². The molecule has 1 N–H and O–H groups in total. The van der Waals surface area contributed by atoms with Crippen LogP contribution in [0.5, 0.6) is 0 Å². The second kappa shape index (κ2) is 4.61. The van der Waals surface area contributed by atoms with Crippen molar-refractivity contribution in [2.45, 2.75) is 12.8 Å². The molecule has 1 rings (SSSR count). The number of nitrogens with zero attached hydrogens (tertiary/aromatic N) is 1. The van der Waals surface area contributed by atoms with Gasteiger partial charge in [-0.25, -0.2) is 13.8 Å². The molecule has 0 aliphatic rings. The summed E-state index contributed by atoms with van der Waals surface area (Å²) in [6, 6.07) is 0.810. The predicted octanol–water partition coefficient (Wildman–Crippen LogP) is 2.55. The number of aliphatic carboxylic acids is 1. The predicted molar refractivity (Wildman–Crippen MR) is 48.2 cm³/mol. The smallest absolute Gasteiger partial charge is 0.307 e. The van der Waals surface area contributed by atoms with Crippen molar-refractivity contribution >= 4 is 21.9 Å². The van der Waals surface area contributed by atoms with Crippen LogP contribution in [0.3, 0.4) is 0 Å². The minimum absolute atomic E-state index is 0.0645. The van der Waals surface area contributed by atoms with Crippen LogP contribution in [0.2, 0.25) is 0 Å². The number of hydrogen-bond acceptors (Lipinski definition) is 2. The molecule has 0 bridgehead atoms. The Balaban J connectivity index is 3.21. The molecule has 0 unspecified atom stereocenters. The van der Waals surface area contributed by atoms with Gasteiger partial charge in [0, 0.05) is 4.47 Å². The fourth-order valence-electron chi connectivity index (χ4n) is 1.00. The Hall–Kier alpha value is -1.11. The third-order valence-electron chi connectivity index (χ3n) is 1.58. The van der Waals surface area contributed by atoms with Crippen LogP contribution in [0.15, 0.2) is 10.5 Å². The third kappa shape index (κ3) is 2.92. The monoisotopic (exact) mass is 283 g/mol. The van der Waals surface area contributed by atoms with E-state index in [4.69, 9.17) is 5.11 Å². The van der Waals surface area contributed by atoms with Crippen LogP contribution in [0.1, 0.15) is 17.7 Å². The third-order valence-corrected chi connectivity index (χ3v) is 2.49. The van der Waals surface area contributed by atoms with Crippen LogP contribution in [0.25, 0.3) is 0 Å². The number of pyridine rings is 1. The fraction of sp³-hybridized carbons (Fsp3) is 0.250. The first-order chi connectivity index (χ1) is 6.91. The van der Waals surface area contributed by atoms with Crippen molar-refractivity contribution < 1.29 is 23.1 Å². The number of aromatic nitrogens is 1. The molecule has 1 aromatic rings. The lowest BCUT2D eigenvalue weighted by Gasteiger charge is -2.06. The summed E-state index contributed by atoms with van der Waals surface area (Å²) in [7, 11) is 0. The Morgan fingerprint density at radius 3 is 2.67 bits per heavy atom. The van der Waals surface area contributed by atoms with Crippen molar-refractivity contribution in [2.75, 3.05) is 0 Å². The van der Waals surface area contributed by atoms with E-state index in [0.717, 1.165) is 6.07 Å². The normalized spacial score (nSPS) is 10.7. The number of carboxylic acid groups (broad SMARTS) is 1. The van der Waals surface area contributed by atoms with Crippen LogP contribution >= 0.6 is 15.9 Å². The highest BCUT2D eigenvalue weighted by Gasteiger charge is 2.19. The molecule has 3 nitrogen and oxygen atoms in total. The Bertz CT molecular complexity index is 398. The summed E-state index contributed by atoms with van der Waals surface area (Å²) in [5.41, 5.74) is -0.850. The second-order valence-corrected chi connectivity index (χ2v) is 3.47. The van der Waals surface area contributed by atoms with Crippen LogP contribution in [-0.2, 0) is 11.2 Å². The van der Waals surface area contributed by atoms with E-state index in [2.05, 4.69) is 20.9 Å². The maximum absolute atomic E-state index is 12.8. The van der Waals surface area contributed by atoms with Crippen molar-refractivity contribution in [1.29, 1.82) is 0 Å². The molecule has 0 saturated carbocycles. The Morgan fingerprint density at radius 1 is 1.60 bits per heavy atom. The first-order valence-corrected chi connectivity index (χ1v) is 4.56. The Labute approximate surface area is 91.1 Å². The minimum Gasteiger partial charge on any atom is -0.481 e. The fourth-order valence-corrected chi connectivity index (χ4v) is 1.52. The summed E-state index contributed by atoms with van der Waals surface area (Å²) in [6.07, 6.45) is -3.50. The molecule has 0 radical (unpaired) electrons.